The van der Waals surface area contributed by atoms with Gasteiger partial charge in [0.05, 0.1) is 17.6 Å². The van der Waals surface area contributed by atoms with Crippen LogP contribution in [0.25, 0.3) is 0 Å². The average molecular weight is 454 g/mol. The molecule has 2 aromatic carbocycles. The number of amides is 1. The van der Waals surface area contributed by atoms with Crippen molar-refractivity contribution in [2.24, 2.45) is 0 Å². The van der Waals surface area contributed by atoms with Crippen LogP contribution in [0.1, 0.15) is 28.8 Å². The van der Waals surface area contributed by atoms with Gasteiger partial charge in [-0.25, -0.2) is 13.4 Å². The second kappa shape index (κ2) is 10.1. The zero-order chi connectivity index (χ0) is 23.1. The molecule has 3 aromatic rings. The molecule has 0 unspecified atom stereocenters. The van der Waals surface area contributed by atoms with Crippen LogP contribution in [0.2, 0.25) is 0 Å². The summed E-state index contributed by atoms with van der Waals surface area (Å²) in [5.74, 6) is 0.131. The van der Waals surface area contributed by atoms with E-state index in [1.54, 1.807) is 30.3 Å². The third-order valence-corrected chi connectivity index (χ3v) is 5.96. The zero-order valence-corrected chi connectivity index (χ0v) is 18.5. The van der Waals surface area contributed by atoms with Gasteiger partial charge in [-0.3, -0.25) is 14.3 Å². The monoisotopic (exact) mass is 453 g/mol. The number of sulfonamides is 1. The Hall–Kier alpha value is -3.72. The van der Waals surface area contributed by atoms with Gasteiger partial charge in [-0.2, -0.15) is 0 Å². The molecule has 166 valence electrons. The molecule has 32 heavy (non-hydrogen) atoms. The van der Waals surface area contributed by atoms with Crippen LogP contribution in [0.15, 0.2) is 71.8 Å². The molecule has 0 atom stereocenters. The van der Waals surface area contributed by atoms with Gasteiger partial charge in [0.2, 0.25) is 5.91 Å². The minimum atomic E-state index is -3.80. The first-order valence-electron chi connectivity index (χ1n) is 9.80. The molecule has 0 radical (unpaired) electrons. The fraction of sp³-hybridized carbons (Fsp3) is 0.174. The maximum Gasteiger partial charge on any atom is 0.263 e. The van der Waals surface area contributed by atoms with Crippen LogP contribution in [0, 0.1) is 6.92 Å². The number of carbonyl (C=O) groups excluding carboxylic acids is 2. The molecule has 0 aliphatic carbocycles. The number of benzene rings is 2. The van der Waals surface area contributed by atoms with Crippen LogP contribution < -0.4 is 14.8 Å². The van der Waals surface area contributed by atoms with Crippen LogP contribution >= 0.6 is 0 Å². The van der Waals surface area contributed by atoms with E-state index in [2.05, 4.69) is 15.0 Å². The van der Waals surface area contributed by atoms with E-state index in [1.807, 2.05) is 13.0 Å². The van der Waals surface area contributed by atoms with Crippen LogP contribution in [-0.4, -0.2) is 32.2 Å². The van der Waals surface area contributed by atoms with Crippen molar-refractivity contribution < 1.29 is 22.7 Å². The number of Topliss-reactive ketones (excluding diaryl/α,β-unsaturated/α-hetero) is 1. The molecule has 2 N–H and O–H groups in total. The number of hydrogen-bond acceptors (Lipinski definition) is 6. The molecule has 1 aromatic heterocycles. The summed E-state index contributed by atoms with van der Waals surface area (Å²) in [6, 6.07) is 15.9. The third kappa shape index (κ3) is 5.92. The predicted molar refractivity (Wildman–Crippen MR) is 121 cm³/mol. The molecule has 0 saturated heterocycles. The van der Waals surface area contributed by atoms with Gasteiger partial charge in [0.25, 0.3) is 10.0 Å². The maximum atomic E-state index is 12.5. The minimum absolute atomic E-state index is 0.0167. The second-order valence-electron chi connectivity index (χ2n) is 7.02. The highest BCUT2D eigenvalue weighted by Gasteiger charge is 2.16. The van der Waals surface area contributed by atoms with Crippen molar-refractivity contribution in [3.05, 3.63) is 78.0 Å². The van der Waals surface area contributed by atoms with Crippen molar-refractivity contribution >= 4 is 33.2 Å². The average Bonchev–Trinajstić information content (AvgIpc) is 2.78. The van der Waals surface area contributed by atoms with E-state index in [-0.39, 0.29) is 35.2 Å². The predicted octanol–water partition coefficient (Wildman–Crippen LogP) is 3.80. The number of aromatic nitrogens is 1. The number of ketones is 1. The van der Waals surface area contributed by atoms with Crippen LogP contribution in [0.5, 0.6) is 5.75 Å². The Labute approximate surface area is 186 Å². The van der Waals surface area contributed by atoms with Crippen molar-refractivity contribution in [1.29, 1.82) is 0 Å². The molecule has 0 saturated carbocycles. The van der Waals surface area contributed by atoms with E-state index in [4.69, 9.17) is 4.74 Å². The summed E-state index contributed by atoms with van der Waals surface area (Å²) in [6.07, 6.45) is 1.49. The quantitative estimate of drug-likeness (QED) is 0.476. The molecule has 0 fully saturated rings. The summed E-state index contributed by atoms with van der Waals surface area (Å²) in [4.78, 5) is 28.7. The molecule has 0 bridgehead atoms. The normalized spacial score (nSPS) is 10.9. The SMILES string of the molecule is COc1ccc(C)cc1C(=O)CCC(=O)Nc1ccc(S(=O)(=O)Nc2ccccn2)cc1. The van der Waals surface area contributed by atoms with Crippen molar-refractivity contribution in [3.8, 4) is 5.75 Å². The molecule has 0 aliphatic rings. The summed E-state index contributed by atoms with van der Waals surface area (Å²) in [5.41, 5.74) is 1.79. The minimum Gasteiger partial charge on any atom is -0.496 e. The Balaban J connectivity index is 1.58. The lowest BCUT2D eigenvalue weighted by atomic mass is 10.0. The second-order valence-corrected chi connectivity index (χ2v) is 8.70. The Morgan fingerprint density at radius 1 is 1.00 bits per heavy atom. The standard InChI is InChI=1S/C23H23N3O5S/c1-16-6-12-21(31-2)19(15-16)20(27)11-13-23(28)25-17-7-9-18(10-8-17)32(29,30)26-22-5-3-4-14-24-22/h3-10,12,14-15H,11,13H2,1-2H3,(H,24,26)(H,25,28). The Morgan fingerprint density at radius 2 is 1.75 bits per heavy atom. The molecule has 1 heterocycles. The first-order chi connectivity index (χ1) is 15.3. The lowest BCUT2D eigenvalue weighted by Crippen LogP contribution is -2.15. The highest BCUT2D eigenvalue weighted by atomic mass is 32.2. The van der Waals surface area contributed by atoms with Gasteiger partial charge in [-0.15, -0.1) is 0 Å². The highest BCUT2D eigenvalue weighted by molar-refractivity contribution is 7.92. The van der Waals surface area contributed by atoms with Gasteiger partial charge in [-0.05, 0) is 55.5 Å². The third-order valence-electron chi connectivity index (χ3n) is 4.59. The zero-order valence-electron chi connectivity index (χ0n) is 17.7. The van der Waals surface area contributed by atoms with Crippen LogP contribution in [0.3, 0.4) is 0 Å². The van der Waals surface area contributed by atoms with Gasteiger partial charge >= 0.3 is 0 Å². The van der Waals surface area contributed by atoms with Crippen LogP contribution in [-0.2, 0) is 14.8 Å². The highest BCUT2D eigenvalue weighted by Crippen LogP contribution is 2.22. The van der Waals surface area contributed by atoms with Crippen molar-refractivity contribution in [3.63, 3.8) is 0 Å². The van der Waals surface area contributed by atoms with Gasteiger partial charge in [0, 0.05) is 24.7 Å². The van der Waals surface area contributed by atoms with E-state index in [9.17, 15) is 18.0 Å². The molecule has 0 spiro atoms. The van der Waals surface area contributed by atoms with Gasteiger partial charge in [0.15, 0.2) is 5.78 Å². The van der Waals surface area contributed by atoms with Crippen LogP contribution in [0.4, 0.5) is 11.5 Å². The number of ether oxygens (including phenoxy) is 1. The number of pyridine rings is 1. The fourth-order valence-corrected chi connectivity index (χ4v) is 3.97. The molecule has 0 aliphatic heterocycles. The van der Waals surface area contributed by atoms with E-state index < -0.39 is 10.0 Å². The van der Waals surface area contributed by atoms with E-state index in [1.165, 1.54) is 37.6 Å². The molecule has 9 heteroatoms. The van der Waals surface area contributed by atoms with E-state index >= 15 is 0 Å². The van der Waals surface area contributed by atoms with Gasteiger partial charge in [0.1, 0.15) is 11.6 Å². The van der Waals surface area contributed by atoms with Gasteiger partial charge < -0.3 is 10.1 Å². The summed E-state index contributed by atoms with van der Waals surface area (Å²) in [5, 5.41) is 2.67. The van der Waals surface area contributed by atoms with Crippen molar-refractivity contribution in [2.75, 3.05) is 17.1 Å². The number of aryl methyl sites for hydroxylation is 1. The number of methoxy groups -OCH3 is 1. The fourth-order valence-electron chi connectivity index (χ4n) is 2.96. The first kappa shape index (κ1) is 23.0. The van der Waals surface area contributed by atoms with Crippen molar-refractivity contribution in [2.45, 2.75) is 24.7 Å². The Kier molecular flexibility index (Phi) is 7.21. The van der Waals surface area contributed by atoms with Crippen molar-refractivity contribution in [1.82, 2.24) is 4.98 Å². The molecule has 3 rings (SSSR count). The molecule has 1 amide bonds. The number of anilines is 2. The summed E-state index contributed by atoms with van der Waals surface area (Å²) < 4.78 is 32.5. The van der Waals surface area contributed by atoms with E-state index in [0.29, 0.717) is 17.0 Å². The lowest BCUT2D eigenvalue weighted by Gasteiger charge is -2.10. The smallest absolute Gasteiger partial charge is 0.263 e. The number of nitrogens with one attached hydrogen (secondary N) is 2. The number of rotatable bonds is 9. The maximum absolute atomic E-state index is 12.5. The summed E-state index contributed by atoms with van der Waals surface area (Å²) >= 11 is 0. The molecule has 8 nitrogen and oxygen atoms in total. The summed E-state index contributed by atoms with van der Waals surface area (Å²) in [7, 11) is -2.31. The summed E-state index contributed by atoms with van der Waals surface area (Å²) in [6.45, 7) is 1.87. The van der Waals surface area contributed by atoms with E-state index in [0.717, 1.165) is 5.56 Å². The Bertz CT molecular complexity index is 1210. The number of carbonyl (C=O) groups is 2. The molecular weight excluding hydrogens is 430 g/mol. The number of hydrogen-bond donors (Lipinski definition) is 2. The first-order valence-corrected chi connectivity index (χ1v) is 11.3. The number of nitrogens with zero attached hydrogens (tertiary/aromatic N) is 1. The Morgan fingerprint density at radius 3 is 2.41 bits per heavy atom. The lowest BCUT2D eigenvalue weighted by molar-refractivity contribution is -0.116. The molecular formula is C23H23N3O5S. The largest absolute Gasteiger partial charge is 0.496 e. The topological polar surface area (TPSA) is 114 Å². The van der Waals surface area contributed by atoms with Gasteiger partial charge in [-0.1, -0.05) is 17.7 Å².